The fraction of sp³-hybridized carbons (Fsp3) is 0.440. The summed E-state index contributed by atoms with van der Waals surface area (Å²) in [6.45, 7) is 3.36. The zero-order chi connectivity index (χ0) is 27.9. The maximum absolute atomic E-state index is 13.7. The molecule has 3 amide bonds. The predicted octanol–water partition coefficient (Wildman–Crippen LogP) is 3.04. The van der Waals surface area contributed by atoms with Crippen molar-refractivity contribution in [1.29, 1.82) is 0 Å². The van der Waals surface area contributed by atoms with Gasteiger partial charge in [0.2, 0.25) is 5.91 Å². The summed E-state index contributed by atoms with van der Waals surface area (Å²) in [5.74, 6) is -11.7. The van der Waals surface area contributed by atoms with Gasteiger partial charge in [-0.25, -0.2) is 22.0 Å². The van der Waals surface area contributed by atoms with Crippen LogP contribution in [-0.2, 0) is 16.0 Å². The molecule has 2 fully saturated rings. The van der Waals surface area contributed by atoms with Crippen molar-refractivity contribution in [1.82, 2.24) is 15.2 Å². The molecule has 0 saturated heterocycles. The summed E-state index contributed by atoms with van der Waals surface area (Å²) in [5.41, 5.74) is -1.92. The molecule has 3 atom stereocenters. The molecule has 1 aromatic heterocycles. The van der Waals surface area contributed by atoms with Crippen molar-refractivity contribution in [3.8, 4) is 0 Å². The summed E-state index contributed by atoms with van der Waals surface area (Å²) < 4.78 is 69.6. The lowest BCUT2D eigenvalue weighted by molar-refractivity contribution is -0.164. The number of amides is 3. The van der Waals surface area contributed by atoms with E-state index >= 15 is 0 Å². The summed E-state index contributed by atoms with van der Waals surface area (Å²) >= 11 is 0. The number of ketones is 1. The lowest BCUT2D eigenvalue weighted by Gasteiger charge is -2.45. The Morgan fingerprint density at radius 3 is 2.21 bits per heavy atom. The fourth-order valence-electron chi connectivity index (χ4n) is 5.94. The van der Waals surface area contributed by atoms with Gasteiger partial charge in [-0.2, -0.15) is 0 Å². The van der Waals surface area contributed by atoms with Crippen molar-refractivity contribution in [2.24, 2.45) is 11.8 Å². The number of Topliss-reactive ketones (excluding diaryl/α,β-unsaturated/α-hetero) is 1. The number of aromatic nitrogens is 1. The minimum atomic E-state index is -3.18. The second-order valence-corrected chi connectivity index (χ2v) is 10.2. The number of fused-ring (bicyclic) bond motifs is 3. The molecule has 13 heteroatoms. The van der Waals surface area contributed by atoms with E-state index in [0.29, 0.717) is 24.2 Å². The minimum Gasteiger partial charge on any atom is -0.357 e. The molecular weight excluding hydrogens is 515 g/mol. The second-order valence-electron chi connectivity index (χ2n) is 10.2. The second kappa shape index (κ2) is 8.37. The molecule has 3 N–H and O–H groups in total. The molecule has 38 heavy (non-hydrogen) atoms. The number of hydrogen-bond donors (Lipinski definition) is 3. The molecular formula is C25H23F5N4O4. The summed E-state index contributed by atoms with van der Waals surface area (Å²) in [6.07, 6.45) is -1.57. The van der Waals surface area contributed by atoms with Crippen LogP contribution in [0.5, 0.6) is 0 Å². The molecule has 0 spiro atoms. The Hall–Kier alpha value is -3.77. The molecule has 2 saturated carbocycles. The average molecular weight is 538 g/mol. The number of halogens is 5. The number of nitrogens with zero attached hydrogens (tertiary/aromatic N) is 1. The van der Waals surface area contributed by atoms with Gasteiger partial charge in [-0.1, -0.05) is 6.92 Å². The van der Waals surface area contributed by atoms with E-state index in [1.54, 1.807) is 4.57 Å². The van der Waals surface area contributed by atoms with Crippen molar-refractivity contribution in [2.45, 2.75) is 50.6 Å². The molecule has 1 unspecified atom stereocenters. The van der Waals surface area contributed by atoms with E-state index in [9.17, 15) is 41.1 Å². The Kier molecular flexibility index (Phi) is 5.69. The quantitative estimate of drug-likeness (QED) is 0.227. The van der Waals surface area contributed by atoms with Crippen LogP contribution < -0.4 is 16.0 Å². The van der Waals surface area contributed by atoms with E-state index in [1.807, 2.05) is 6.92 Å². The van der Waals surface area contributed by atoms with E-state index in [-0.39, 0.29) is 40.4 Å². The number of benzene rings is 1. The highest BCUT2D eigenvalue weighted by Gasteiger charge is 2.62. The molecule has 0 bridgehead atoms. The van der Waals surface area contributed by atoms with E-state index in [0.717, 1.165) is 0 Å². The fourth-order valence-corrected chi connectivity index (χ4v) is 5.94. The van der Waals surface area contributed by atoms with Crippen molar-refractivity contribution in [2.75, 3.05) is 12.4 Å². The monoisotopic (exact) mass is 538 g/mol. The molecule has 1 aliphatic heterocycles. The molecule has 1 aromatic carbocycles. The number of alkyl halides is 2. The van der Waals surface area contributed by atoms with Crippen LogP contribution in [0.4, 0.5) is 27.6 Å². The first-order valence-electron chi connectivity index (χ1n) is 11.9. The van der Waals surface area contributed by atoms with Gasteiger partial charge in [0, 0.05) is 49.4 Å². The van der Waals surface area contributed by atoms with E-state index in [1.165, 1.54) is 14.0 Å². The summed E-state index contributed by atoms with van der Waals surface area (Å²) in [4.78, 5) is 51.8. The van der Waals surface area contributed by atoms with E-state index < -0.39 is 65.3 Å². The van der Waals surface area contributed by atoms with Crippen molar-refractivity contribution < 1.29 is 41.1 Å². The van der Waals surface area contributed by atoms with E-state index in [4.69, 9.17) is 0 Å². The van der Waals surface area contributed by atoms with Crippen LogP contribution in [-0.4, -0.2) is 46.6 Å². The topological polar surface area (TPSA) is 109 Å². The molecule has 5 rings (SSSR count). The molecule has 2 heterocycles. The highest BCUT2D eigenvalue weighted by atomic mass is 19.3. The predicted molar refractivity (Wildman–Crippen MR) is 122 cm³/mol. The van der Waals surface area contributed by atoms with Crippen LogP contribution in [0, 0.1) is 36.2 Å². The van der Waals surface area contributed by atoms with Crippen LogP contribution in [0.3, 0.4) is 0 Å². The number of rotatable bonds is 6. The first-order chi connectivity index (χ1) is 17.7. The van der Waals surface area contributed by atoms with Gasteiger partial charge in [-0.15, -0.1) is 0 Å². The van der Waals surface area contributed by atoms with Gasteiger partial charge in [0.05, 0.1) is 5.56 Å². The summed E-state index contributed by atoms with van der Waals surface area (Å²) in [6, 6.07) is 1.06. The Balaban J connectivity index is 1.48. The molecule has 2 aromatic rings. The van der Waals surface area contributed by atoms with Crippen molar-refractivity contribution in [3.05, 3.63) is 52.1 Å². The highest BCUT2D eigenvalue weighted by molar-refractivity contribution is 6.44. The highest BCUT2D eigenvalue weighted by Crippen LogP contribution is 2.59. The van der Waals surface area contributed by atoms with E-state index in [2.05, 4.69) is 16.0 Å². The van der Waals surface area contributed by atoms with Gasteiger partial charge in [0.25, 0.3) is 23.5 Å². The van der Waals surface area contributed by atoms with Crippen LogP contribution in [0.15, 0.2) is 12.1 Å². The first kappa shape index (κ1) is 25.9. The molecule has 3 aliphatic rings. The number of carbonyl (C=O) groups is 4. The number of carbonyl (C=O) groups excluding carboxylic acids is 4. The number of nitrogens with one attached hydrogen (secondary N) is 3. The Labute approximate surface area is 212 Å². The molecule has 2 aliphatic carbocycles. The molecule has 202 valence electrons. The first-order valence-corrected chi connectivity index (χ1v) is 11.9. The smallest absolute Gasteiger partial charge is 0.293 e. The Morgan fingerprint density at radius 2 is 1.66 bits per heavy atom. The number of likely N-dealkylation sites (N-methyl/N-ethyl adjacent to an activating group) is 1. The SMILES string of the molecule is CNC(=O)C1(NC(=O)C(=O)c2c(C)c(C(=O)Nc3cc(F)c(F)c(F)c3)n3c2C[C@H]2C(C)[C@H]23)CC(F)(F)C1. The zero-order valence-corrected chi connectivity index (χ0v) is 20.5. The Bertz CT molecular complexity index is 1400. The average Bonchev–Trinajstić information content (AvgIpc) is 3.14. The van der Waals surface area contributed by atoms with Crippen LogP contribution >= 0.6 is 0 Å². The van der Waals surface area contributed by atoms with Gasteiger partial charge < -0.3 is 20.5 Å². The van der Waals surface area contributed by atoms with Gasteiger partial charge >= 0.3 is 0 Å². The maximum atomic E-state index is 13.7. The third-order valence-corrected chi connectivity index (χ3v) is 7.81. The minimum absolute atomic E-state index is 0.0191. The van der Waals surface area contributed by atoms with Crippen molar-refractivity contribution >= 4 is 29.2 Å². The van der Waals surface area contributed by atoms with Gasteiger partial charge in [0.15, 0.2) is 17.5 Å². The number of anilines is 1. The van der Waals surface area contributed by atoms with Crippen molar-refractivity contribution in [3.63, 3.8) is 0 Å². The largest absolute Gasteiger partial charge is 0.357 e. The van der Waals surface area contributed by atoms with Crippen LogP contribution in [0.1, 0.15) is 57.9 Å². The van der Waals surface area contributed by atoms with Gasteiger partial charge in [-0.05, 0) is 30.7 Å². The van der Waals surface area contributed by atoms with Gasteiger partial charge in [0.1, 0.15) is 11.2 Å². The summed E-state index contributed by atoms with van der Waals surface area (Å²) in [7, 11) is 1.22. The lowest BCUT2D eigenvalue weighted by atomic mass is 9.72. The molecule has 8 nitrogen and oxygen atoms in total. The van der Waals surface area contributed by atoms with Gasteiger partial charge in [-0.3, -0.25) is 19.2 Å². The van der Waals surface area contributed by atoms with Crippen LogP contribution in [0.2, 0.25) is 0 Å². The third-order valence-electron chi connectivity index (χ3n) is 7.81. The number of hydrogen-bond acceptors (Lipinski definition) is 4. The standard InChI is InChI=1S/C25H23F5N4O4/c1-9-12-6-15-16(20(35)22(37)33-24(23(38)31-3)7-25(29,30)8-24)10(2)19(34(15)18(9)12)21(36)32-11-4-13(26)17(28)14(27)5-11/h4-5,9,12,18H,6-8H2,1-3H3,(H,31,38)(H,32,36)(H,33,37)/t9?,12-,18+/m0/s1. The summed E-state index contributed by atoms with van der Waals surface area (Å²) in [5, 5.41) is 6.70. The Morgan fingerprint density at radius 1 is 1.05 bits per heavy atom. The molecule has 0 radical (unpaired) electrons. The normalized spacial score (nSPS) is 23.5. The third kappa shape index (κ3) is 3.78. The zero-order valence-electron chi connectivity index (χ0n) is 20.5. The van der Waals surface area contributed by atoms with Crippen LogP contribution in [0.25, 0.3) is 0 Å². The maximum Gasteiger partial charge on any atom is 0.293 e. The lowest BCUT2D eigenvalue weighted by Crippen LogP contribution is -2.69.